The van der Waals surface area contributed by atoms with E-state index in [0.29, 0.717) is 27.4 Å². The molecule has 0 radical (unpaired) electrons. The zero-order valence-electron chi connectivity index (χ0n) is 15.0. The molecule has 0 fully saturated rings. The lowest BCUT2D eigenvalue weighted by Crippen LogP contribution is -2.22. The van der Waals surface area contributed by atoms with Gasteiger partial charge in [-0.1, -0.05) is 41.9 Å². The van der Waals surface area contributed by atoms with Crippen LogP contribution in [0.4, 0.5) is 5.69 Å². The van der Waals surface area contributed by atoms with Gasteiger partial charge in [0.2, 0.25) is 0 Å². The Bertz CT molecular complexity index is 1310. The lowest BCUT2D eigenvalue weighted by Gasteiger charge is -2.11. The van der Waals surface area contributed by atoms with Crippen molar-refractivity contribution in [1.29, 1.82) is 0 Å². The predicted octanol–water partition coefficient (Wildman–Crippen LogP) is 5.12. The van der Waals surface area contributed by atoms with Gasteiger partial charge in [0.15, 0.2) is 0 Å². The standard InChI is InChI=1S/C22H14ClN3O3/c23-19-7-3-1-5-15(19)9-14-21-24-20-8-4-2-6-18(20)22(27)25(21)16-10-12-17(13-11-16)26(28)29/h1-14H/b14-9+. The second-order valence-corrected chi connectivity index (χ2v) is 6.66. The molecule has 0 amide bonds. The maximum atomic E-state index is 13.2. The number of nitro benzene ring substituents is 1. The molecule has 0 saturated heterocycles. The molecule has 0 N–H and O–H groups in total. The van der Waals surface area contributed by atoms with Gasteiger partial charge in [0, 0.05) is 17.2 Å². The maximum absolute atomic E-state index is 13.2. The molecule has 0 atom stereocenters. The third kappa shape index (κ3) is 3.66. The normalized spacial score (nSPS) is 11.2. The fourth-order valence-corrected chi connectivity index (χ4v) is 3.21. The van der Waals surface area contributed by atoms with E-state index >= 15 is 0 Å². The molecule has 6 nitrogen and oxygen atoms in total. The van der Waals surface area contributed by atoms with Gasteiger partial charge >= 0.3 is 0 Å². The van der Waals surface area contributed by atoms with Crippen molar-refractivity contribution in [3.05, 3.63) is 110 Å². The lowest BCUT2D eigenvalue weighted by atomic mass is 10.2. The molecular weight excluding hydrogens is 390 g/mol. The number of hydrogen-bond acceptors (Lipinski definition) is 4. The quantitative estimate of drug-likeness (QED) is 0.350. The number of halogens is 1. The molecule has 7 heteroatoms. The minimum absolute atomic E-state index is 0.0521. The van der Waals surface area contributed by atoms with Crippen molar-refractivity contribution in [3.8, 4) is 5.69 Å². The van der Waals surface area contributed by atoms with Gasteiger partial charge in [-0.25, -0.2) is 4.98 Å². The number of para-hydroxylation sites is 1. The highest BCUT2D eigenvalue weighted by Crippen LogP contribution is 2.20. The Morgan fingerprint density at radius 1 is 0.931 bits per heavy atom. The van der Waals surface area contributed by atoms with Crippen LogP contribution >= 0.6 is 11.6 Å². The first-order valence-electron chi connectivity index (χ1n) is 8.74. The fourth-order valence-electron chi connectivity index (χ4n) is 3.01. The Kier molecular flexibility index (Phi) is 4.93. The van der Waals surface area contributed by atoms with E-state index in [1.54, 1.807) is 36.4 Å². The second-order valence-electron chi connectivity index (χ2n) is 6.26. The van der Waals surface area contributed by atoms with E-state index in [1.807, 2.05) is 24.3 Å². The molecule has 0 saturated carbocycles. The summed E-state index contributed by atoms with van der Waals surface area (Å²) < 4.78 is 1.43. The summed E-state index contributed by atoms with van der Waals surface area (Å²) in [6, 6.07) is 20.2. The van der Waals surface area contributed by atoms with E-state index in [4.69, 9.17) is 11.6 Å². The van der Waals surface area contributed by atoms with Crippen molar-refractivity contribution in [1.82, 2.24) is 9.55 Å². The average molecular weight is 404 g/mol. The van der Waals surface area contributed by atoms with Gasteiger partial charge in [-0.05, 0) is 48.0 Å². The smallest absolute Gasteiger partial charge is 0.268 e. The minimum atomic E-state index is -0.483. The number of nitrogens with zero attached hydrogens (tertiary/aromatic N) is 3. The van der Waals surface area contributed by atoms with Crippen molar-refractivity contribution in [3.63, 3.8) is 0 Å². The Morgan fingerprint density at radius 3 is 2.34 bits per heavy atom. The van der Waals surface area contributed by atoms with E-state index in [0.717, 1.165) is 5.56 Å². The fraction of sp³-hybridized carbons (Fsp3) is 0. The predicted molar refractivity (Wildman–Crippen MR) is 114 cm³/mol. The zero-order valence-corrected chi connectivity index (χ0v) is 15.8. The summed E-state index contributed by atoms with van der Waals surface area (Å²) in [4.78, 5) is 28.3. The number of benzene rings is 3. The van der Waals surface area contributed by atoms with E-state index < -0.39 is 4.92 Å². The second kappa shape index (κ2) is 7.69. The van der Waals surface area contributed by atoms with Crippen LogP contribution in [0.2, 0.25) is 5.02 Å². The van der Waals surface area contributed by atoms with Gasteiger partial charge < -0.3 is 0 Å². The number of fused-ring (bicyclic) bond motifs is 1. The van der Waals surface area contributed by atoms with Crippen molar-refractivity contribution < 1.29 is 4.92 Å². The molecule has 1 aromatic heterocycles. The summed E-state index contributed by atoms with van der Waals surface area (Å²) in [6.45, 7) is 0. The summed E-state index contributed by atoms with van der Waals surface area (Å²) in [6.07, 6.45) is 3.48. The van der Waals surface area contributed by atoms with Gasteiger partial charge in [-0.15, -0.1) is 0 Å². The largest absolute Gasteiger partial charge is 0.269 e. The molecule has 0 aliphatic carbocycles. The van der Waals surface area contributed by atoms with Crippen LogP contribution in [0.5, 0.6) is 0 Å². The first-order valence-corrected chi connectivity index (χ1v) is 9.11. The third-order valence-corrected chi connectivity index (χ3v) is 4.78. The molecule has 3 aromatic carbocycles. The Labute approximate surface area is 170 Å². The number of aromatic nitrogens is 2. The molecule has 0 unspecified atom stereocenters. The molecule has 0 spiro atoms. The summed E-state index contributed by atoms with van der Waals surface area (Å²) >= 11 is 6.22. The maximum Gasteiger partial charge on any atom is 0.269 e. The van der Waals surface area contributed by atoms with Gasteiger partial charge in [0.1, 0.15) is 5.82 Å². The summed E-state index contributed by atoms with van der Waals surface area (Å²) in [5.74, 6) is 0.391. The van der Waals surface area contributed by atoms with Gasteiger partial charge in [0.05, 0.1) is 21.5 Å². The van der Waals surface area contributed by atoms with Gasteiger partial charge in [0.25, 0.3) is 11.2 Å². The first-order chi connectivity index (χ1) is 14.0. The number of rotatable bonds is 4. The van der Waals surface area contributed by atoms with E-state index in [1.165, 1.54) is 28.8 Å². The Morgan fingerprint density at radius 2 is 1.62 bits per heavy atom. The van der Waals surface area contributed by atoms with Crippen molar-refractivity contribution in [2.75, 3.05) is 0 Å². The molecule has 0 aliphatic heterocycles. The van der Waals surface area contributed by atoms with E-state index in [9.17, 15) is 14.9 Å². The van der Waals surface area contributed by atoms with Crippen LogP contribution in [0.1, 0.15) is 11.4 Å². The lowest BCUT2D eigenvalue weighted by molar-refractivity contribution is -0.384. The van der Waals surface area contributed by atoms with E-state index in [2.05, 4.69) is 4.98 Å². The zero-order chi connectivity index (χ0) is 20.4. The highest BCUT2D eigenvalue weighted by Gasteiger charge is 2.12. The van der Waals surface area contributed by atoms with Crippen LogP contribution < -0.4 is 5.56 Å². The van der Waals surface area contributed by atoms with Crippen molar-refractivity contribution >= 4 is 40.3 Å². The summed E-state index contributed by atoms with van der Waals surface area (Å²) in [5.41, 5.74) is 1.52. The van der Waals surface area contributed by atoms with Gasteiger partial charge in [-0.2, -0.15) is 0 Å². The number of hydrogen-bond donors (Lipinski definition) is 0. The van der Waals surface area contributed by atoms with E-state index in [-0.39, 0.29) is 11.2 Å². The Balaban J connectivity index is 1.92. The molecule has 0 bridgehead atoms. The monoisotopic (exact) mass is 403 g/mol. The first kappa shape index (κ1) is 18.6. The number of non-ortho nitro benzene ring substituents is 1. The van der Waals surface area contributed by atoms with Crippen LogP contribution in [0.15, 0.2) is 77.6 Å². The summed E-state index contributed by atoms with van der Waals surface area (Å²) in [5, 5.41) is 12.0. The summed E-state index contributed by atoms with van der Waals surface area (Å²) in [7, 11) is 0. The SMILES string of the molecule is O=c1c2ccccc2nc(/C=C/c2ccccc2Cl)n1-c1ccc([N+](=O)[O-])cc1. The van der Waals surface area contributed by atoms with Crippen LogP contribution in [-0.4, -0.2) is 14.5 Å². The van der Waals surface area contributed by atoms with Crippen LogP contribution in [0.3, 0.4) is 0 Å². The van der Waals surface area contributed by atoms with Crippen LogP contribution in [0.25, 0.3) is 28.7 Å². The topological polar surface area (TPSA) is 78.0 Å². The molecule has 4 rings (SSSR count). The highest BCUT2D eigenvalue weighted by molar-refractivity contribution is 6.32. The molecular formula is C22H14ClN3O3. The average Bonchev–Trinajstić information content (AvgIpc) is 2.73. The van der Waals surface area contributed by atoms with Gasteiger partial charge in [-0.3, -0.25) is 19.5 Å². The highest BCUT2D eigenvalue weighted by atomic mass is 35.5. The molecule has 1 heterocycles. The van der Waals surface area contributed by atoms with Crippen LogP contribution in [0, 0.1) is 10.1 Å². The van der Waals surface area contributed by atoms with Crippen LogP contribution in [-0.2, 0) is 0 Å². The third-order valence-electron chi connectivity index (χ3n) is 4.44. The van der Waals surface area contributed by atoms with Crippen molar-refractivity contribution in [2.24, 2.45) is 0 Å². The molecule has 0 aliphatic rings. The molecule has 142 valence electrons. The molecule has 29 heavy (non-hydrogen) atoms. The Hall–Kier alpha value is -3.77. The number of nitro groups is 1. The molecule has 4 aromatic rings. The minimum Gasteiger partial charge on any atom is -0.268 e. The van der Waals surface area contributed by atoms with Crippen molar-refractivity contribution in [2.45, 2.75) is 0 Å².